The highest BCUT2D eigenvalue weighted by Gasteiger charge is 2.38. The number of fused-ring (bicyclic) bond motifs is 3. The standard InChI is InChI=1S/C18H24N2O5/c1-19-14-9-20(8-13(18(19)22)10-25-11-14)17(21)6-12-4-5-15(23-2)7-16(12)24-3/h4-5,7,13-14H,6,8-11H2,1-3H3/t13-,14+/m1/s1. The van der Waals surface area contributed by atoms with Crippen LogP contribution in [0.25, 0.3) is 0 Å². The molecule has 0 saturated carbocycles. The van der Waals surface area contributed by atoms with E-state index in [0.717, 1.165) is 5.56 Å². The first-order valence-corrected chi connectivity index (χ1v) is 8.36. The van der Waals surface area contributed by atoms with Crippen LogP contribution in [-0.4, -0.2) is 75.2 Å². The Morgan fingerprint density at radius 3 is 2.76 bits per heavy atom. The Balaban J connectivity index is 1.76. The zero-order chi connectivity index (χ0) is 18.0. The molecule has 0 aliphatic carbocycles. The second-order valence-electron chi connectivity index (χ2n) is 6.49. The molecule has 0 radical (unpaired) electrons. The van der Waals surface area contributed by atoms with Gasteiger partial charge >= 0.3 is 0 Å². The van der Waals surface area contributed by atoms with E-state index in [1.165, 1.54) is 0 Å². The van der Waals surface area contributed by atoms with E-state index in [0.29, 0.717) is 37.8 Å². The van der Waals surface area contributed by atoms with Crippen LogP contribution in [0.2, 0.25) is 0 Å². The SMILES string of the molecule is COc1ccc(CC(=O)N2C[C@@H]3COC[C@H](C2)N(C)C3=O)c(OC)c1. The number of benzene rings is 1. The van der Waals surface area contributed by atoms with Crippen LogP contribution in [0, 0.1) is 5.92 Å². The quantitative estimate of drug-likeness (QED) is 0.795. The highest BCUT2D eigenvalue weighted by molar-refractivity contribution is 5.83. The number of hydrogen-bond donors (Lipinski definition) is 0. The fraction of sp³-hybridized carbons (Fsp3) is 0.556. The Hall–Kier alpha value is -2.28. The van der Waals surface area contributed by atoms with Gasteiger partial charge in [0.25, 0.3) is 0 Å². The molecular formula is C18H24N2O5. The number of hydrogen-bond acceptors (Lipinski definition) is 5. The van der Waals surface area contributed by atoms with Crippen molar-refractivity contribution in [3.63, 3.8) is 0 Å². The Kier molecular flexibility index (Phi) is 5.13. The number of rotatable bonds is 4. The van der Waals surface area contributed by atoms with E-state index in [9.17, 15) is 9.59 Å². The smallest absolute Gasteiger partial charge is 0.229 e. The molecule has 0 spiro atoms. The number of amides is 2. The molecule has 2 aliphatic heterocycles. The van der Waals surface area contributed by atoms with Gasteiger partial charge in [0.1, 0.15) is 11.5 Å². The predicted molar refractivity (Wildman–Crippen MR) is 90.7 cm³/mol. The minimum Gasteiger partial charge on any atom is -0.497 e. The van der Waals surface area contributed by atoms with Crippen molar-refractivity contribution in [3.05, 3.63) is 23.8 Å². The molecule has 2 amide bonds. The van der Waals surface area contributed by atoms with Gasteiger partial charge in [0.15, 0.2) is 0 Å². The highest BCUT2D eigenvalue weighted by atomic mass is 16.5. The summed E-state index contributed by atoms with van der Waals surface area (Å²) in [6, 6.07) is 5.33. The third-order valence-electron chi connectivity index (χ3n) is 4.93. The van der Waals surface area contributed by atoms with Gasteiger partial charge in [-0.3, -0.25) is 9.59 Å². The minimum absolute atomic E-state index is 0.0107. The third kappa shape index (κ3) is 3.56. The van der Waals surface area contributed by atoms with Crippen LogP contribution in [0.3, 0.4) is 0 Å². The molecule has 2 heterocycles. The van der Waals surface area contributed by atoms with Crippen LogP contribution in [0.4, 0.5) is 0 Å². The van der Waals surface area contributed by atoms with Gasteiger partial charge in [0, 0.05) is 31.8 Å². The average molecular weight is 348 g/mol. The van der Waals surface area contributed by atoms with Crippen molar-refractivity contribution < 1.29 is 23.8 Å². The van der Waals surface area contributed by atoms with Gasteiger partial charge in [-0.2, -0.15) is 0 Å². The first-order valence-electron chi connectivity index (χ1n) is 8.36. The van der Waals surface area contributed by atoms with Crippen molar-refractivity contribution in [1.82, 2.24) is 9.80 Å². The maximum absolute atomic E-state index is 12.9. The topological polar surface area (TPSA) is 68.3 Å². The number of methoxy groups -OCH3 is 2. The molecule has 2 bridgehead atoms. The summed E-state index contributed by atoms with van der Waals surface area (Å²) in [5, 5.41) is 0. The molecule has 136 valence electrons. The first kappa shape index (κ1) is 17.5. The summed E-state index contributed by atoms with van der Waals surface area (Å²) in [4.78, 5) is 28.8. The molecule has 2 aliphatic rings. The molecule has 7 heteroatoms. The predicted octanol–water partition coefficient (Wildman–Crippen LogP) is 0.562. The van der Waals surface area contributed by atoms with Gasteiger partial charge in [0.05, 0.1) is 45.8 Å². The monoisotopic (exact) mass is 348 g/mol. The van der Waals surface area contributed by atoms with Crippen LogP contribution < -0.4 is 9.47 Å². The number of carbonyl (C=O) groups is 2. The van der Waals surface area contributed by atoms with E-state index in [1.54, 1.807) is 37.1 Å². The fourth-order valence-electron chi connectivity index (χ4n) is 3.37. The maximum atomic E-state index is 12.9. The second kappa shape index (κ2) is 7.31. The summed E-state index contributed by atoms with van der Waals surface area (Å²) in [5.74, 6) is 1.06. The van der Waals surface area contributed by atoms with Gasteiger partial charge in [-0.15, -0.1) is 0 Å². The van der Waals surface area contributed by atoms with Crippen LogP contribution in [0.15, 0.2) is 18.2 Å². The lowest BCUT2D eigenvalue weighted by Crippen LogP contribution is -2.45. The van der Waals surface area contributed by atoms with Gasteiger partial charge in [-0.1, -0.05) is 6.07 Å². The van der Waals surface area contributed by atoms with E-state index in [-0.39, 0.29) is 30.2 Å². The second-order valence-corrected chi connectivity index (χ2v) is 6.49. The molecular weight excluding hydrogens is 324 g/mol. The largest absolute Gasteiger partial charge is 0.497 e. The van der Waals surface area contributed by atoms with E-state index in [2.05, 4.69) is 0 Å². The molecule has 25 heavy (non-hydrogen) atoms. The van der Waals surface area contributed by atoms with Gasteiger partial charge in [0.2, 0.25) is 11.8 Å². The highest BCUT2D eigenvalue weighted by Crippen LogP contribution is 2.26. The summed E-state index contributed by atoms with van der Waals surface area (Å²) in [5.41, 5.74) is 0.804. The molecule has 2 fully saturated rings. The minimum atomic E-state index is -0.292. The molecule has 2 saturated heterocycles. The summed E-state index contributed by atoms with van der Waals surface area (Å²) >= 11 is 0. The van der Waals surface area contributed by atoms with Crippen LogP contribution in [-0.2, 0) is 20.7 Å². The Morgan fingerprint density at radius 2 is 2.04 bits per heavy atom. The molecule has 3 rings (SSSR count). The van der Waals surface area contributed by atoms with Crippen molar-refractivity contribution in [3.8, 4) is 11.5 Å². The Bertz CT molecular complexity index is 663. The van der Waals surface area contributed by atoms with Crippen molar-refractivity contribution in [2.24, 2.45) is 5.92 Å². The number of ether oxygens (including phenoxy) is 3. The zero-order valence-corrected chi connectivity index (χ0v) is 14.9. The molecule has 1 aromatic rings. The molecule has 0 aromatic heterocycles. The van der Waals surface area contributed by atoms with Gasteiger partial charge < -0.3 is 24.0 Å². The van der Waals surface area contributed by atoms with Crippen molar-refractivity contribution in [2.45, 2.75) is 12.5 Å². The maximum Gasteiger partial charge on any atom is 0.229 e. The summed E-state index contributed by atoms with van der Waals surface area (Å²) in [6.45, 7) is 1.73. The average Bonchev–Trinajstić information content (AvgIpc) is 2.80. The summed E-state index contributed by atoms with van der Waals surface area (Å²) in [7, 11) is 4.95. The van der Waals surface area contributed by atoms with E-state index in [4.69, 9.17) is 14.2 Å². The van der Waals surface area contributed by atoms with Crippen molar-refractivity contribution in [1.29, 1.82) is 0 Å². The molecule has 2 atom stereocenters. The number of carbonyl (C=O) groups excluding carboxylic acids is 2. The lowest BCUT2D eigenvalue weighted by molar-refractivity contribution is -0.134. The van der Waals surface area contributed by atoms with Crippen molar-refractivity contribution in [2.75, 3.05) is 47.6 Å². The van der Waals surface area contributed by atoms with E-state index < -0.39 is 0 Å². The summed E-state index contributed by atoms with van der Waals surface area (Å²) < 4.78 is 16.1. The molecule has 0 N–H and O–H groups in total. The lowest BCUT2D eigenvalue weighted by Gasteiger charge is -2.29. The lowest BCUT2D eigenvalue weighted by atomic mass is 10.1. The van der Waals surface area contributed by atoms with Gasteiger partial charge in [-0.25, -0.2) is 0 Å². The van der Waals surface area contributed by atoms with E-state index in [1.807, 2.05) is 12.1 Å². The Morgan fingerprint density at radius 1 is 1.24 bits per heavy atom. The van der Waals surface area contributed by atoms with Gasteiger partial charge in [-0.05, 0) is 6.07 Å². The zero-order valence-electron chi connectivity index (χ0n) is 14.9. The molecule has 1 aromatic carbocycles. The van der Waals surface area contributed by atoms with Crippen molar-refractivity contribution >= 4 is 11.8 Å². The molecule has 7 nitrogen and oxygen atoms in total. The van der Waals surface area contributed by atoms with Crippen LogP contribution in [0.1, 0.15) is 5.56 Å². The molecule has 0 unspecified atom stereocenters. The summed E-state index contributed by atoms with van der Waals surface area (Å²) in [6.07, 6.45) is 0.228. The fourth-order valence-corrected chi connectivity index (χ4v) is 3.37. The normalized spacial score (nSPS) is 23.2. The van der Waals surface area contributed by atoms with E-state index >= 15 is 0 Å². The third-order valence-corrected chi connectivity index (χ3v) is 4.93. The number of nitrogens with zero attached hydrogens (tertiary/aromatic N) is 2. The number of likely N-dealkylation sites (N-methyl/N-ethyl adjacent to an activating group) is 1. The van der Waals surface area contributed by atoms with Crippen LogP contribution >= 0.6 is 0 Å². The van der Waals surface area contributed by atoms with Crippen LogP contribution in [0.5, 0.6) is 11.5 Å². The first-order chi connectivity index (χ1) is 12.0. The Labute approximate surface area is 147 Å².